The molecule has 0 aliphatic rings. The van der Waals surface area contributed by atoms with Crippen LogP contribution in [0.1, 0.15) is 34.6 Å². The molecule has 0 spiro atoms. The first-order valence-corrected chi connectivity index (χ1v) is 5.12. The van der Waals surface area contributed by atoms with Crippen LogP contribution in [-0.2, 0) is 19.1 Å². The molecule has 0 rings (SSSR count). The van der Waals surface area contributed by atoms with Crippen molar-refractivity contribution >= 4 is 11.9 Å². The molecule has 0 aliphatic carbocycles. The summed E-state index contributed by atoms with van der Waals surface area (Å²) >= 11 is 0. The van der Waals surface area contributed by atoms with E-state index < -0.39 is 11.5 Å². The van der Waals surface area contributed by atoms with E-state index >= 15 is 0 Å². The summed E-state index contributed by atoms with van der Waals surface area (Å²) in [6.07, 6.45) is 0. The SMILES string of the molecule is COC(=O)C(C)(C)NC(=O)COC(C)(C)C. The lowest BCUT2D eigenvalue weighted by Crippen LogP contribution is -2.51. The van der Waals surface area contributed by atoms with Crippen molar-refractivity contribution in [3.63, 3.8) is 0 Å². The van der Waals surface area contributed by atoms with E-state index in [0.717, 1.165) is 0 Å². The van der Waals surface area contributed by atoms with Gasteiger partial charge in [-0.15, -0.1) is 0 Å². The van der Waals surface area contributed by atoms with Crippen molar-refractivity contribution in [2.45, 2.75) is 45.8 Å². The number of nitrogens with one attached hydrogen (secondary N) is 1. The molecule has 0 radical (unpaired) electrons. The Kier molecular flexibility index (Phi) is 4.93. The number of ether oxygens (including phenoxy) is 2. The molecule has 0 fully saturated rings. The zero-order chi connectivity index (χ0) is 13.0. The molecule has 0 aromatic carbocycles. The highest BCUT2D eigenvalue weighted by molar-refractivity contribution is 5.87. The fourth-order valence-electron chi connectivity index (χ4n) is 0.973. The Bertz CT molecular complexity index is 266. The molecule has 0 atom stereocenters. The average molecular weight is 231 g/mol. The van der Waals surface area contributed by atoms with E-state index in [0.29, 0.717) is 0 Å². The van der Waals surface area contributed by atoms with Gasteiger partial charge in [0.25, 0.3) is 0 Å². The summed E-state index contributed by atoms with van der Waals surface area (Å²) in [5.74, 6) is -0.832. The van der Waals surface area contributed by atoms with Crippen LogP contribution in [0.25, 0.3) is 0 Å². The van der Waals surface area contributed by atoms with Crippen LogP contribution in [0, 0.1) is 0 Å². The van der Waals surface area contributed by atoms with Crippen LogP contribution in [0.4, 0.5) is 0 Å². The summed E-state index contributed by atoms with van der Waals surface area (Å²) in [5, 5.41) is 2.54. The predicted molar refractivity (Wildman–Crippen MR) is 59.9 cm³/mol. The quantitative estimate of drug-likeness (QED) is 0.729. The van der Waals surface area contributed by atoms with Crippen molar-refractivity contribution in [3.8, 4) is 0 Å². The van der Waals surface area contributed by atoms with Crippen molar-refractivity contribution in [3.05, 3.63) is 0 Å². The van der Waals surface area contributed by atoms with E-state index in [4.69, 9.17) is 4.74 Å². The second-order valence-corrected chi connectivity index (χ2v) is 5.07. The molecule has 1 amide bonds. The van der Waals surface area contributed by atoms with Crippen LogP contribution >= 0.6 is 0 Å². The average Bonchev–Trinajstić information content (AvgIpc) is 2.11. The molecule has 0 saturated carbocycles. The van der Waals surface area contributed by atoms with E-state index in [1.54, 1.807) is 13.8 Å². The van der Waals surface area contributed by atoms with Crippen molar-refractivity contribution in [2.75, 3.05) is 13.7 Å². The van der Waals surface area contributed by atoms with Gasteiger partial charge in [0.1, 0.15) is 12.1 Å². The van der Waals surface area contributed by atoms with Crippen LogP contribution in [0.5, 0.6) is 0 Å². The maximum Gasteiger partial charge on any atom is 0.330 e. The molecular weight excluding hydrogens is 210 g/mol. The van der Waals surface area contributed by atoms with Crippen molar-refractivity contribution in [1.82, 2.24) is 5.32 Å². The summed E-state index contributed by atoms with van der Waals surface area (Å²) in [6.45, 7) is 8.63. The zero-order valence-corrected chi connectivity index (χ0v) is 10.8. The monoisotopic (exact) mass is 231 g/mol. The second-order valence-electron chi connectivity index (χ2n) is 5.07. The van der Waals surface area contributed by atoms with Crippen LogP contribution in [0.15, 0.2) is 0 Å². The van der Waals surface area contributed by atoms with Gasteiger partial charge >= 0.3 is 5.97 Å². The van der Waals surface area contributed by atoms with E-state index in [1.807, 2.05) is 20.8 Å². The molecule has 94 valence electrons. The van der Waals surface area contributed by atoms with E-state index in [9.17, 15) is 9.59 Å². The minimum absolute atomic E-state index is 0.0794. The molecule has 0 aliphatic heterocycles. The first-order chi connectivity index (χ1) is 7.08. The molecule has 0 heterocycles. The predicted octanol–water partition coefficient (Wildman–Crippen LogP) is 0.869. The smallest absolute Gasteiger partial charge is 0.330 e. The summed E-state index contributed by atoms with van der Waals surface area (Å²) in [6, 6.07) is 0. The normalized spacial score (nSPS) is 12.1. The molecule has 0 aromatic rings. The van der Waals surface area contributed by atoms with Gasteiger partial charge in [-0.2, -0.15) is 0 Å². The van der Waals surface area contributed by atoms with Gasteiger partial charge < -0.3 is 14.8 Å². The van der Waals surface area contributed by atoms with Gasteiger partial charge in [-0.25, -0.2) is 4.79 Å². The summed E-state index contributed by atoms with van der Waals surface area (Å²) in [7, 11) is 1.28. The molecule has 16 heavy (non-hydrogen) atoms. The maximum absolute atomic E-state index is 11.5. The number of carbonyl (C=O) groups excluding carboxylic acids is 2. The highest BCUT2D eigenvalue weighted by Crippen LogP contribution is 2.07. The summed E-state index contributed by atoms with van der Waals surface area (Å²) < 4.78 is 9.85. The van der Waals surface area contributed by atoms with Crippen molar-refractivity contribution < 1.29 is 19.1 Å². The second kappa shape index (κ2) is 5.30. The van der Waals surface area contributed by atoms with E-state index in [1.165, 1.54) is 7.11 Å². The molecule has 0 saturated heterocycles. The fraction of sp³-hybridized carbons (Fsp3) is 0.818. The third-order valence-electron chi connectivity index (χ3n) is 1.78. The largest absolute Gasteiger partial charge is 0.467 e. The Labute approximate surface area is 96.5 Å². The molecule has 5 nitrogen and oxygen atoms in total. The third kappa shape index (κ3) is 5.70. The molecule has 0 unspecified atom stereocenters. The topological polar surface area (TPSA) is 64.6 Å². The number of amides is 1. The van der Waals surface area contributed by atoms with Crippen molar-refractivity contribution in [1.29, 1.82) is 0 Å². The van der Waals surface area contributed by atoms with Gasteiger partial charge in [-0.05, 0) is 34.6 Å². The van der Waals surface area contributed by atoms with Gasteiger partial charge in [0, 0.05) is 0 Å². The standard InChI is InChI=1S/C11H21NO4/c1-10(2,3)16-7-8(13)12-11(4,5)9(14)15-6/h7H2,1-6H3,(H,12,13). The Hall–Kier alpha value is -1.10. The van der Waals surface area contributed by atoms with Gasteiger partial charge in [-0.3, -0.25) is 4.79 Å². The number of esters is 1. The highest BCUT2D eigenvalue weighted by atomic mass is 16.5. The minimum atomic E-state index is -1.03. The maximum atomic E-state index is 11.5. The zero-order valence-electron chi connectivity index (χ0n) is 10.8. The van der Waals surface area contributed by atoms with Crippen LogP contribution < -0.4 is 5.32 Å². The molecular formula is C11H21NO4. The van der Waals surface area contributed by atoms with Crippen LogP contribution in [0.3, 0.4) is 0 Å². The Morgan fingerprint density at radius 3 is 2.00 bits per heavy atom. The van der Waals surface area contributed by atoms with Gasteiger partial charge in [-0.1, -0.05) is 0 Å². The molecule has 0 aromatic heterocycles. The molecule has 0 bridgehead atoms. The highest BCUT2D eigenvalue weighted by Gasteiger charge is 2.30. The lowest BCUT2D eigenvalue weighted by atomic mass is 10.1. The summed E-state index contributed by atoms with van der Waals surface area (Å²) in [5.41, 5.74) is -1.42. The lowest BCUT2D eigenvalue weighted by molar-refractivity contribution is -0.150. The number of hydrogen-bond donors (Lipinski definition) is 1. The Balaban J connectivity index is 4.20. The number of rotatable bonds is 4. The van der Waals surface area contributed by atoms with Gasteiger partial charge in [0.2, 0.25) is 5.91 Å². The lowest BCUT2D eigenvalue weighted by Gasteiger charge is -2.25. The molecule has 5 heteroatoms. The summed E-state index contributed by atoms with van der Waals surface area (Å²) in [4.78, 5) is 22.8. The first kappa shape index (κ1) is 14.9. The number of hydrogen-bond acceptors (Lipinski definition) is 4. The Morgan fingerprint density at radius 1 is 1.12 bits per heavy atom. The number of carbonyl (C=O) groups is 2. The van der Waals surface area contributed by atoms with Crippen LogP contribution in [0.2, 0.25) is 0 Å². The third-order valence-corrected chi connectivity index (χ3v) is 1.78. The van der Waals surface area contributed by atoms with E-state index in [2.05, 4.69) is 10.1 Å². The molecule has 1 N–H and O–H groups in total. The van der Waals surface area contributed by atoms with Gasteiger partial charge in [0.15, 0.2) is 0 Å². The van der Waals surface area contributed by atoms with E-state index in [-0.39, 0.29) is 18.1 Å². The number of methoxy groups -OCH3 is 1. The fourth-order valence-corrected chi connectivity index (χ4v) is 0.973. The Morgan fingerprint density at radius 2 is 1.62 bits per heavy atom. The van der Waals surface area contributed by atoms with Gasteiger partial charge in [0.05, 0.1) is 12.7 Å². The van der Waals surface area contributed by atoms with Crippen LogP contribution in [-0.4, -0.2) is 36.7 Å². The minimum Gasteiger partial charge on any atom is -0.467 e. The van der Waals surface area contributed by atoms with Crippen molar-refractivity contribution in [2.24, 2.45) is 0 Å². The first-order valence-electron chi connectivity index (χ1n) is 5.12.